The van der Waals surface area contributed by atoms with Crippen molar-refractivity contribution in [1.82, 2.24) is 0 Å². The number of hydrogen-bond donors (Lipinski definition) is 0. The predicted octanol–water partition coefficient (Wildman–Crippen LogP) is 6.73. The molecule has 2 aromatic carbocycles. The molecule has 0 heterocycles. The van der Waals surface area contributed by atoms with Gasteiger partial charge in [-0.05, 0) is 63.8 Å². The molecule has 21 heavy (non-hydrogen) atoms. The van der Waals surface area contributed by atoms with E-state index in [1.807, 2.05) is 18.2 Å². The molecule has 1 aliphatic rings. The van der Waals surface area contributed by atoms with Crippen LogP contribution in [0, 0.1) is 0 Å². The van der Waals surface area contributed by atoms with Crippen LogP contribution in [0.25, 0.3) is 11.1 Å². The third-order valence-electron chi connectivity index (χ3n) is 4.58. The van der Waals surface area contributed by atoms with Crippen molar-refractivity contribution in [1.29, 1.82) is 0 Å². The fraction of sp³-hybridized carbons (Fsp3) is 0.368. The Morgan fingerprint density at radius 3 is 2.19 bits per heavy atom. The van der Waals surface area contributed by atoms with E-state index in [9.17, 15) is 0 Å². The summed E-state index contributed by atoms with van der Waals surface area (Å²) in [6.07, 6.45) is 1.18. The second-order valence-corrected chi connectivity index (χ2v) is 8.62. The van der Waals surface area contributed by atoms with Crippen molar-refractivity contribution in [2.75, 3.05) is 0 Å². The molecule has 0 fully saturated rings. The van der Waals surface area contributed by atoms with Gasteiger partial charge in [-0.3, -0.25) is 0 Å². The monoisotopic (exact) mass is 362 g/mol. The zero-order valence-electron chi connectivity index (χ0n) is 12.9. The van der Waals surface area contributed by atoms with Crippen molar-refractivity contribution in [3.8, 4) is 11.1 Å². The number of halogens is 2. The van der Waals surface area contributed by atoms with Gasteiger partial charge in [0.1, 0.15) is 0 Å². The SMILES string of the molecule is CC1(C)CC(C)(C)c2cc(-c3cccc(Cl)c3)c(Br)cc21. The van der Waals surface area contributed by atoms with Gasteiger partial charge >= 0.3 is 0 Å². The molecule has 0 bridgehead atoms. The molecule has 0 aliphatic heterocycles. The molecule has 0 N–H and O–H groups in total. The van der Waals surface area contributed by atoms with Crippen LogP contribution in [0.4, 0.5) is 0 Å². The van der Waals surface area contributed by atoms with Crippen LogP contribution in [0.3, 0.4) is 0 Å². The lowest BCUT2D eigenvalue weighted by Gasteiger charge is -2.22. The Labute approximate surface area is 140 Å². The first-order chi connectivity index (χ1) is 9.71. The molecule has 2 aromatic rings. The molecule has 0 nitrogen and oxygen atoms in total. The van der Waals surface area contributed by atoms with Crippen LogP contribution in [0.1, 0.15) is 45.2 Å². The maximum Gasteiger partial charge on any atom is 0.0412 e. The molecule has 0 spiro atoms. The molecule has 1 aliphatic carbocycles. The molecule has 0 radical (unpaired) electrons. The molecule has 0 amide bonds. The summed E-state index contributed by atoms with van der Waals surface area (Å²) in [5.41, 5.74) is 5.76. The molecule has 0 aromatic heterocycles. The first kappa shape index (κ1) is 15.1. The van der Waals surface area contributed by atoms with Crippen LogP contribution >= 0.6 is 27.5 Å². The molecule has 0 saturated carbocycles. The molecule has 0 unspecified atom stereocenters. The van der Waals surface area contributed by atoms with Gasteiger partial charge in [0.2, 0.25) is 0 Å². The van der Waals surface area contributed by atoms with Crippen LogP contribution < -0.4 is 0 Å². The summed E-state index contributed by atoms with van der Waals surface area (Å²) in [5.74, 6) is 0. The number of rotatable bonds is 1. The number of fused-ring (bicyclic) bond motifs is 1. The second kappa shape index (κ2) is 4.86. The zero-order chi connectivity index (χ0) is 15.4. The number of hydrogen-bond acceptors (Lipinski definition) is 0. The van der Waals surface area contributed by atoms with Gasteiger partial charge in [0.05, 0.1) is 0 Å². The van der Waals surface area contributed by atoms with Gasteiger partial charge in [0, 0.05) is 9.50 Å². The Morgan fingerprint density at radius 2 is 1.57 bits per heavy atom. The van der Waals surface area contributed by atoms with Gasteiger partial charge in [-0.25, -0.2) is 0 Å². The van der Waals surface area contributed by atoms with E-state index in [0.29, 0.717) is 0 Å². The Hall–Kier alpha value is -0.790. The van der Waals surface area contributed by atoms with Crippen molar-refractivity contribution < 1.29 is 0 Å². The highest BCUT2D eigenvalue weighted by molar-refractivity contribution is 9.10. The molecule has 0 saturated heterocycles. The first-order valence-electron chi connectivity index (χ1n) is 7.31. The van der Waals surface area contributed by atoms with Gasteiger partial charge in [0.15, 0.2) is 0 Å². The highest BCUT2D eigenvalue weighted by Gasteiger charge is 2.42. The van der Waals surface area contributed by atoms with Crippen LogP contribution in [0.2, 0.25) is 5.02 Å². The molecule has 2 heteroatoms. The predicted molar refractivity (Wildman–Crippen MR) is 95.3 cm³/mol. The third kappa shape index (κ3) is 2.55. The standard InChI is InChI=1S/C19H20BrCl/c1-18(2)11-19(3,4)16-10-17(20)14(9-15(16)18)12-6-5-7-13(21)8-12/h5-10H,11H2,1-4H3. The molecule has 110 valence electrons. The normalized spacial score (nSPS) is 18.6. The van der Waals surface area contributed by atoms with Gasteiger partial charge in [-0.2, -0.15) is 0 Å². The van der Waals surface area contributed by atoms with E-state index in [0.717, 1.165) is 15.1 Å². The zero-order valence-corrected chi connectivity index (χ0v) is 15.3. The maximum absolute atomic E-state index is 6.15. The minimum atomic E-state index is 0.215. The quantitative estimate of drug-likeness (QED) is 0.527. The first-order valence-corrected chi connectivity index (χ1v) is 8.48. The van der Waals surface area contributed by atoms with Crippen molar-refractivity contribution >= 4 is 27.5 Å². The van der Waals surface area contributed by atoms with Gasteiger partial charge in [-0.15, -0.1) is 0 Å². The summed E-state index contributed by atoms with van der Waals surface area (Å²) in [7, 11) is 0. The lowest BCUT2D eigenvalue weighted by Crippen LogP contribution is -2.17. The van der Waals surface area contributed by atoms with Crippen molar-refractivity contribution in [2.24, 2.45) is 0 Å². The Kier molecular flexibility index (Phi) is 3.50. The Balaban J connectivity index is 2.23. The summed E-state index contributed by atoms with van der Waals surface area (Å²) in [6, 6.07) is 12.7. The second-order valence-electron chi connectivity index (χ2n) is 7.33. The van der Waals surface area contributed by atoms with E-state index in [2.05, 4.69) is 61.8 Å². The van der Waals surface area contributed by atoms with E-state index in [4.69, 9.17) is 11.6 Å². The maximum atomic E-state index is 6.15. The van der Waals surface area contributed by atoms with Gasteiger partial charge < -0.3 is 0 Å². The average Bonchev–Trinajstić information content (AvgIpc) is 2.54. The third-order valence-corrected chi connectivity index (χ3v) is 5.48. The Bertz CT molecular complexity index is 714. The molecular formula is C19H20BrCl. The summed E-state index contributed by atoms with van der Waals surface area (Å²) < 4.78 is 1.15. The van der Waals surface area contributed by atoms with Crippen molar-refractivity contribution in [2.45, 2.75) is 44.9 Å². The van der Waals surface area contributed by atoms with Crippen molar-refractivity contribution in [3.63, 3.8) is 0 Å². The highest BCUT2D eigenvalue weighted by atomic mass is 79.9. The minimum Gasteiger partial charge on any atom is -0.0843 e. The number of benzene rings is 2. The average molecular weight is 364 g/mol. The topological polar surface area (TPSA) is 0 Å². The van der Waals surface area contributed by atoms with Crippen LogP contribution in [0.5, 0.6) is 0 Å². The van der Waals surface area contributed by atoms with Crippen molar-refractivity contribution in [3.05, 3.63) is 57.0 Å². The lowest BCUT2D eigenvalue weighted by molar-refractivity contribution is 0.403. The smallest absolute Gasteiger partial charge is 0.0412 e. The van der Waals surface area contributed by atoms with E-state index < -0.39 is 0 Å². The fourth-order valence-electron chi connectivity index (χ4n) is 3.87. The lowest BCUT2D eigenvalue weighted by atomic mass is 9.82. The summed E-state index contributed by atoms with van der Waals surface area (Å²) in [5, 5.41) is 0.777. The van der Waals surface area contributed by atoms with E-state index in [-0.39, 0.29) is 10.8 Å². The molecule has 0 atom stereocenters. The summed E-state index contributed by atoms with van der Waals surface area (Å²) in [4.78, 5) is 0. The highest BCUT2D eigenvalue weighted by Crippen LogP contribution is 2.51. The summed E-state index contributed by atoms with van der Waals surface area (Å²) in [6.45, 7) is 9.37. The van der Waals surface area contributed by atoms with Gasteiger partial charge in [-0.1, -0.05) is 67.4 Å². The molecular weight excluding hydrogens is 344 g/mol. The molecule has 3 rings (SSSR count). The van der Waals surface area contributed by atoms with E-state index in [1.54, 1.807) is 0 Å². The minimum absolute atomic E-state index is 0.215. The summed E-state index contributed by atoms with van der Waals surface area (Å²) >= 11 is 9.91. The van der Waals surface area contributed by atoms with Crippen LogP contribution in [-0.4, -0.2) is 0 Å². The fourth-order valence-corrected chi connectivity index (χ4v) is 4.63. The largest absolute Gasteiger partial charge is 0.0843 e. The Morgan fingerprint density at radius 1 is 0.952 bits per heavy atom. The van der Waals surface area contributed by atoms with E-state index >= 15 is 0 Å². The van der Waals surface area contributed by atoms with Crippen LogP contribution in [-0.2, 0) is 10.8 Å². The van der Waals surface area contributed by atoms with Crippen LogP contribution in [0.15, 0.2) is 40.9 Å². The van der Waals surface area contributed by atoms with E-state index in [1.165, 1.54) is 23.1 Å². The van der Waals surface area contributed by atoms with Gasteiger partial charge in [0.25, 0.3) is 0 Å².